The first-order chi connectivity index (χ1) is 8.22. The molecular weight excluding hydrogens is 352 g/mol. The van der Waals surface area contributed by atoms with Crippen molar-refractivity contribution in [3.05, 3.63) is 29.3 Å². The zero-order valence-corrected chi connectivity index (χ0v) is 12.3. The number of benzene rings is 1. The van der Waals surface area contributed by atoms with E-state index in [-0.39, 0.29) is 12.5 Å². The minimum absolute atomic E-state index is 0.0475. The van der Waals surface area contributed by atoms with Crippen molar-refractivity contribution >= 4 is 40.1 Å². The molecule has 1 aromatic rings. The van der Waals surface area contributed by atoms with Crippen molar-refractivity contribution < 1.29 is 9.53 Å². The van der Waals surface area contributed by atoms with Crippen LogP contribution in [0.4, 0.5) is 0 Å². The Labute approximate surface area is 120 Å². The highest BCUT2D eigenvalue weighted by Crippen LogP contribution is 2.15. The first kappa shape index (κ1) is 14.6. The molecule has 0 bridgehead atoms. The van der Waals surface area contributed by atoms with Gasteiger partial charge in [0.2, 0.25) is 0 Å². The van der Waals surface area contributed by atoms with Crippen LogP contribution in [0.1, 0.15) is 12.8 Å². The molecule has 0 fully saturated rings. The van der Waals surface area contributed by atoms with Crippen LogP contribution in [0.25, 0.3) is 0 Å². The molecule has 1 amide bonds. The molecule has 5 heteroatoms. The van der Waals surface area contributed by atoms with E-state index in [0.717, 1.165) is 17.3 Å². The lowest BCUT2D eigenvalue weighted by Gasteiger charge is -2.07. The van der Waals surface area contributed by atoms with Crippen molar-refractivity contribution in [2.24, 2.45) is 0 Å². The topological polar surface area (TPSA) is 38.3 Å². The Morgan fingerprint density at radius 1 is 1.29 bits per heavy atom. The number of halogens is 2. The van der Waals surface area contributed by atoms with Crippen molar-refractivity contribution in [3.63, 3.8) is 0 Å². The maximum atomic E-state index is 11.4. The Morgan fingerprint density at radius 3 is 2.65 bits per heavy atom. The number of hydrogen-bond acceptors (Lipinski definition) is 2. The SMILES string of the molecule is O=C(COc1ccc(Cl)cc1)NCCCCI. The van der Waals surface area contributed by atoms with E-state index in [1.807, 2.05) is 0 Å². The lowest BCUT2D eigenvalue weighted by atomic mass is 10.3. The van der Waals surface area contributed by atoms with Crippen LogP contribution in [0.15, 0.2) is 24.3 Å². The van der Waals surface area contributed by atoms with Gasteiger partial charge in [-0.3, -0.25) is 4.79 Å². The summed E-state index contributed by atoms with van der Waals surface area (Å²) in [5.41, 5.74) is 0. The van der Waals surface area contributed by atoms with E-state index >= 15 is 0 Å². The Bertz CT molecular complexity index is 343. The molecule has 0 aliphatic heterocycles. The number of alkyl halides is 1. The third-order valence-corrected chi connectivity index (χ3v) is 3.08. The second-order valence-electron chi connectivity index (χ2n) is 3.49. The average Bonchev–Trinajstić information content (AvgIpc) is 2.34. The van der Waals surface area contributed by atoms with Gasteiger partial charge in [0.1, 0.15) is 5.75 Å². The lowest BCUT2D eigenvalue weighted by molar-refractivity contribution is -0.123. The van der Waals surface area contributed by atoms with E-state index < -0.39 is 0 Å². The van der Waals surface area contributed by atoms with Crippen LogP contribution in [0.2, 0.25) is 5.02 Å². The van der Waals surface area contributed by atoms with Crippen molar-refractivity contribution in [3.8, 4) is 5.75 Å². The third-order valence-electron chi connectivity index (χ3n) is 2.07. The van der Waals surface area contributed by atoms with Crippen LogP contribution in [-0.4, -0.2) is 23.5 Å². The maximum Gasteiger partial charge on any atom is 0.257 e. The van der Waals surface area contributed by atoms with Crippen LogP contribution in [0, 0.1) is 0 Å². The standard InChI is InChI=1S/C12H15ClINO2/c13-10-3-5-11(6-4-10)17-9-12(16)15-8-2-1-7-14/h3-6H,1-2,7-9H2,(H,15,16). The smallest absolute Gasteiger partial charge is 0.257 e. The van der Waals surface area contributed by atoms with Gasteiger partial charge in [-0.2, -0.15) is 0 Å². The molecule has 3 nitrogen and oxygen atoms in total. The molecule has 0 spiro atoms. The number of hydrogen-bond donors (Lipinski definition) is 1. The predicted molar refractivity (Wildman–Crippen MR) is 78.1 cm³/mol. The summed E-state index contributed by atoms with van der Waals surface area (Å²) < 4.78 is 6.43. The Kier molecular flexibility index (Phi) is 7.35. The molecular formula is C12H15ClINO2. The molecule has 1 N–H and O–H groups in total. The second-order valence-corrected chi connectivity index (χ2v) is 5.00. The molecule has 0 aliphatic rings. The summed E-state index contributed by atoms with van der Waals surface area (Å²) in [5, 5.41) is 3.46. The molecule has 1 aromatic carbocycles. The van der Waals surface area contributed by atoms with Crippen molar-refractivity contribution in [2.75, 3.05) is 17.6 Å². The molecule has 0 heterocycles. The van der Waals surface area contributed by atoms with Crippen LogP contribution < -0.4 is 10.1 Å². The van der Waals surface area contributed by atoms with E-state index in [2.05, 4.69) is 27.9 Å². The average molecular weight is 368 g/mol. The van der Waals surface area contributed by atoms with Gasteiger partial charge in [-0.1, -0.05) is 34.2 Å². The summed E-state index contributed by atoms with van der Waals surface area (Å²) in [6, 6.07) is 6.95. The van der Waals surface area contributed by atoms with E-state index in [0.29, 0.717) is 17.3 Å². The van der Waals surface area contributed by atoms with Gasteiger partial charge in [-0.15, -0.1) is 0 Å². The number of carbonyl (C=O) groups excluding carboxylic acids is 1. The largest absolute Gasteiger partial charge is 0.484 e. The fraction of sp³-hybridized carbons (Fsp3) is 0.417. The zero-order valence-electron chi connectivity index (χ0n) is 9.42. The normalized spacial score (nSPS) is 10.0. The van der Waals surface area contributed by atoms with Gasteiger partial charge in [0.25, 0.3) is 5.91 Å². The van der Waals surface area contributed by atoms with Crippen LogP contribution in [0.5, 0.6) is 5.75 Å². The first-order valence-electron chi connectivity index (χ1n) is 5.43. The number of amides is 1. The van der Waals surface area contributed by atoms with Gasteiger partial charge in [0.15, 0.2) is 6.61 Å². The van der Waals surface area contributed by atoms with Crippen molar-refractivity contribution in [1.29, 1.82) is 0 Å². The number of rotatable bonds is 7. The quantitative estimate of drug-likeness (QED) is 0.457. The zero-order chi connectivity index (χ0) is 12.5. The highest BCUT2D eigenvalue weighted by Gasteiger charge is 2.01. The maximum absolute atomic E-state index is 11.4. The van der Waals surface area contributed by atoms with E-state index in [1.54, 1.807) is 24.3 Å². The second kappa shape index (κ2) is 8.58. The first-order valence-corrected chi connectivity index (χ1v) is 7.34. The van der Waals surface area contributed by atoms with E-state index in [9.17, 15) is 4.79 Å². The molecule has 0 saturated carbocycles. The van der Waals surface area contributed by atoms with Gasteiger partial charge in [0, 0.05) is 11.6 Å². The van der Waals surface area contributed by atoms with Gasteiger partial charge < -0.3 is 10.1 Å². The summed E-state index contributed by atoms with van der Waals surface area (Å²) >= 11 is 8.06. The fourth-order valence-corrected chi connectivity index (χ4v) is 1.84. The van der Waals surface area contributed by atoms with Gasteiger partial charge in [-0.25, -0.2) is 0 Å². The van der Waals surface area contributed by atoms with Crippen molar-refractivity contribution in [2.45, 2.75) is 12.8 Å². The lowest BCUT2D eigenvalue weighted by Crippen LogP contribution is -2.29. The number of nitrogens with one attached hydrogen (secondary N) is 1. The molecule has 1 rings (SSSR count). The third kappa shape index (κ3) is 6.73. The minimum atomic E-state index is -0.0894. The van der Waals surface area contributed by atoms with Gasteiger partial charge in [-0.05, 0) is 41.5 Å². The number of unbranched alkanes of at least 4 members (excludes halogenated alkanes) is 1. The molecule has 17 heavy (non-hydrogen) atoms. The number of carbonyl (C=O) groups is 1. The Hall–Kier alpha value is -0.490. The Morgan fingerprint density at radius 2 is 2.00 bits per heavy atom. The minimum Gasteiger partial charge on any atom is -0.484 e. The highest BCUT2D eigenvalue weighted by atomic mass is 127. The van der Waals surface area contributed by atoms with Gasteiger partial charge in [0.05, 0.1) is 0 Å². The predicted octanol–water partition coefficient (Wildman–Crippen LogP) is 3.05. The molecule has 0 atom stereocenters. The van der Waals surface area contributed by atoms with Gasteiger partial charge >= 0.3 is 0 Å². The van der Waals surface area contributed by atoms with Crippen LogP contribution in [-0.2, 0) is 4.79 Å². The molecule has 94 valence electrons. The van der Waals surface area contributed by atoms with E-state index in [4.69, 9.17) is 16.3 Å². The summed E-state index contributed by atoms with van der Waals surface area (Å²) in [6.07, 6.45) is 2.13. The number of ether oxygens (including phenoxy) is 1. The molecule has 0 aromatic heterocycles. The molecule has 0 saturated heterocycles. The van der Waals surface area contributed by atoms with Crippen molar-refractivity contribution in [1.82, 2.24) is 5.32 Å². The van der Waals surface area contributed by atoms with Crippen LogP contribution in [0.3, 0.4) is 0 Å². The molecule has 0 radical (unpaired) electrons. The molecule has 0 unspecified atom stereocenters. The Balaban J connectivity index is 2.17. The highest BCUT2D eigenvalue weighted by molar-refractivity contribution is 14.1. The fourth-order valence-electron chi connectivity index (χ4n) is 1.18. The molecule has 0 aliphatic carbocycles. The summed E-state index contributed by atoms with van der Waals surface area (Å²) in [7, 11) is 0. The summed E-state index contributed by atoms with van der Waals surface area (Å²) in [6.45, 7) is 0.762. The van der Waals surface area contributed by atoms with Crippen LogP contribution >= 0.6 is 34.2 Å². The monoisotopic (exact) mass is 367 g/mol. The van der Waals surface area contributed by atoms with E-state index in [1.165, 1.54) is 0 Å². The summed E-state index contributed by atoms with van der Waals surface area (Å²) in [4.78, 5) is 11.4. The summed E-state index contributed by atoms with van der Waals surface area (Å²) in [5.74, 6) is 0.560.